The molecule has 2 rings (SSSR count). The van der Waals surface area contributed by atoms with E-state index >= 15 is 0 Å². The molecular formula is C21H23F2NO4. The van der Waals surface area contributed by atoms with Crippen molar-refractivity contribution in [3.05, 3.63) is 59.7 Å². The molecule has 1 amide bonds. The van der Waals surface area contributed by atoms with Gasteiger partial charge in [0.05, 0.1) is 13.7 Å². The Bertz CT molecular complexity index is 824. The van der Waals surface area contributed by atoms with Gasteiger partial charge in [-0.25, -0.2) is 0 Å². The summed E-state index contributed by atoms with van der Waals surface area (Å²) in [5.41, 5.74) is 1.57. The maximum atomic E-state index is 12.5. The lowest BCUT2D eigenvalue weighted by atomic mass is 10.1. The van der Waals surface area contributed by atoms with E-state index < -0.39 is 6.61 Å². The molecule has 7 heteroatoms. The number of carbonyl (C=O) groups excluding carboxylic acids is 1. The Morgan fingerprint density at radius 3 is 2.64 bits per heavy atom. The smallest absolute Gasteiger partial charge is 0.387 e. The molecular weight excluding hydrogens is 368 g/mol. The van der Waals surface area contributed by atoms with Crippen molar-refractivity contribution in [1.29, 1.82) is 0 Å². The number of halogens is 2. The Morgan fingerprint density at radius 1 is 1.18 bits per heavy atom. The van der Waals surface area contributed by atoms with Crippen molar-refractivity contribution >= 4 is 12.0 Å². The SMILES string of the molecule is CCOc1cc(/C=C\C(=O)N(C)Cc2cccc(OC)c2)ccc1OC(F)F. The van der Waals surface area contributed by atoms with Crippen molar-refractivity contribution in [3.63, 3.8) is 0 Å². The topological polar surface area (TPSA) is 48.0 Å². The molecule has 0 aliphatic heterocycles. The van der Waals surface area contributed by atoms with Crippen molar-refractivity contribution in [1.82, 2.24) is 4.90 Å². The fourth-order valence-electron chi connectivity index (χ4n) is 2.51. The van der Waals surface area contributed by atoms with Crippen LogP contribution in [-0.4, -0.2) is 38.2 Å². The maximum absolute atomic E-state index is 12.5. The van der Waals surface area contributed by atoms with Crippen molar-refractivity contribution < 1.29 is 27.8 Å². The van der Waals surface area contributed by atoms with Gasteiger partial charge < -0.3 is 19.1 Å². The number of carbonyl (C=O) groups is 1. The van der Waals surface area contributed by atoms with Gasteiger partial charge in [-0.2, -0.15) is 8.78 Å². The molecule has 0 aromatic heterocycles. The Morgan fingerprint density at radius 2 is 1.96 bits per heavy atom. The first-order valence-corrected chi connectivity index (χ1v) is 8.70. The number of hydrogen-bond acceptors (Lipinski definition) is 4. The predicted molar refractivity (Wildman–Crippen MR) is 103 cm³/mol. The van der Waals surface area contributed by atoms with E-state index in [-0.39, 0.29) is 17.4 Å². The first-order chi connectivity index (χ1) is 13.4. The summed E-state index contributed by atoms with van der Waals surface area (Å²) in [4.78, 5) is 13.9. The summed E-state index contributed by atoms with van der Waals surface area (Å²) in [6, 6.07) is 12.0. The van der Waals surface area contributed by atoms with E-state index in [9.17, 15) is 13.6 Å². The molecule has 0 aliphatic rings. The van der Waals surface area contributed by atoms with Crippen LogP contribution in [0.2, 0.25) is 0 Å². The summed E-state index contributed by atoms with van der Waals surface area (Å²) in [6.07, 6.45) is 3.01. The van der Waals surface area contributed by atoms with Gasteiger partial charge in [0.1, 0.15) is 5.75 Å². The maximum Gasteiger partial charge on any atom is 0.387 e. The number of ether oxygens (including phenoxy) is 3. The highest BCUT2D eigenvalue weighted by atomic mass is 19.3. The molecule has 0 aliphatic carbocycles. The lowest BCUT2D eigenvalue weighted by molar-refractivity contribution is -0.125. The van der Waals surface area contributed by atoms with Crippen LogP contribution in [0.25, 0.3) is 6.08 Å². The largest absolute Gasteiger partial charge is 0.497 e. The van der Waals surface area contributed by atoms with Crippen LogP contribution < -0.4 is 14.2 Å². The number of methoxy groups -OCH3 is 1. The molecule has 0 radical (unpaired) electrons. The van der Waals surface area contributed by atoms with Crippen molar-refractivity contribution in [2.45, 2.75) is 20.1 Å². The summed E-state index contributed by atoms with van der Waals surface area (Å²) < 4.78 is 39.9. The molecule has 0 bridgehead atoms. The van der Waals surface area contributed by atoms with Crippen LogP contribution in [0.4, 0.5) is 8.78 Å². The predicted octanol–water partition coefficient (Wildman–Crippen LogP) is 4.37. The summed E-state index contributed by atoms with van der Waals surface area (Å²) in [7, 11) is 3.28. The third-order valence-corrected chi connectivity index (χ3v) is 3.83. The molecule has 28 heavy (non-hydrogen) atoms. The average Bonchev–Trinajstić information content (AvgIpc) is 2.67. The van der Waals surface area contributed by atoms with E-state index in [0.29, 0.717) is 18.7 Å². The van der Waals surface area contributed by atoms with Crippen LogP contribution in [0, 0.1) is 0 Å². The number of likely N-dealkylation sites (N-methyl/N-ethyl adjacent to an activating group) is 1. The van der Waals surface area contributed by atoms with Crippen LogP contribution in [0.3, 0.4) is 0 Å². The quantitative estimate of drug-likeness (QED) is 0.596. The van der Waals surface area contributed by atoms with Crippen LogP contribution in [0.15, 0.2) is 48.5 Å². The molecule has 150 valence electrons. The fourth-order valence-corrected chi connectivity index (χ4v) is 2.51. The minimum atomic E-state index is -2.94. The number of benzene rings is 2. The van der Waals surface area contributed by atoms with Gasteiger partial charge >= 0.3 is 6.61 Å². The summed E-state index contributed by atoms with van der Waals surface area (Å²) in [6.45, 7) is -0.473. The van der Waals surface area contributed by atoms with E-state index in [1.807, 2.05) is 24.3 Å². The van der Waals surface area contributed by atoms with Gasteiger partial charge in [0.2, 0.25) is 5.91 Å². The first-order valence-electron chi connectivity index (χ1n) is 8.70. The highest BCUT2D eigenvalue weighted by Gasteiger charge is 2.11. The van der Waals surface area contributed by atoms with E-state index in [2.05, 4.69) is 4.74 Å². The monoisotopic (exact) mass is 391 g/mol. The Kier molecular flexibility index (Phi) is 7.80. The minimum absolute atomic E-state index is 0.0459. The molecule has 0 spiro atoms. The molecule has 5 nitrogen and oxygen atoms in total. The Hall–Kier alpha value is -3.09. The third kappa shape index (κ3) is 6.26. The number of rotatable bonds is 9. The lowest BCUT2D eigenvalue weighted by Gasteiger charge is -2.16. The molecule has 0 unspecified atom stereocenters. The highest BCUT2D eigenvalue weighted by Crippen LogP contribution is 2.30. The van der Waals surface area contributed by atoms with Gasteiger partial charge in [-0.15, -0.1) is 0 Å². The van der Waals surface area contributed by atoms with Crippen molar-refractivity contribution in [3.8, 4) is 17.2 Å². The second-order valence-electron chi connectivity index (χ2n) is 5.90. The molecule has 2 aromatic rings. The van der Waals surface area contributed by atoms with Crippen molar-refractivity contribution in [2.75, 3.05) is 20.8 Å². The average molecular weight is 391 g/mol. The van der Waals surface area contributed by atoms with E-state index in [1.54, 1.807) is 44.2 Å². The number of alkyl halides is 2. The van der Waals surface area contributed by atoms with Crippen LogP contribution in [0.5, 0.6) is 17.2 Å². The van der Waals surface area contributed by atoms with E-state index in [4.69, 9.17) is 9.47 Å². The number of nitrogens with zero attached hydrogens (tertiary/aromatic N) is 1. The number of hydrogen-bond donors (Lipinski definition) is 0. The van der Waals surface area contributed by atoms with Gasteiger partial charge in [-0.05, 0) is 48.4 Å². The zero-order valence-electron chi connectivity index (χ0n) is 16.0. The van der Waals surface area contributed by atoms with Crippen LogP contribution in [0.1, 0.15) is 18.1 Å². The summed E-state index contributed by atoms with van der Waals surface area (Å²) >= 11 is 0. The molecule has 0 atom stereocenters. The highest BCUT2D eigenvalue weighted by molar-refractivity contribution is 5.91. The Labute approximate surface area is 163 Å². The lowest BCUT2D eigenvalue weighted by Crippen LogP contribution is -2.24. The minimum Gasteiger partial charge on any atom is -0.497 e. The molecule has 0 saturated carbocycles. The van der Waals surface area contributed by atoms with Gasteiger partial charge in [-0.1, -0.05) is 18.2 Å². The van der Waals surface area contributed by atoms with Gasteiger partial charge in [0.25, 0.3) is 0 Å². The third-order valence-electron chi connectivity index (χ3n) is 3.83. The molecule has 0 saturated heterocycles. The van der Waals surface area contributed by atoms with Gasteiger partial charge in [0.15, 0.2) is 11.5 Å². The van der Waals surface area contributed by atoms with Crippen LogP contribution >= 0.6 is 0 Å². The summed E-state index contributed by atoms with van der Waals surface area (Å²) in [5, 5.41) is 0. The zero-order valence-corrected chi connectivity index (χ0v) is 16.0. The summed E-state index contributed by atoms with van der Waals surface area (Å²) in [5.74, 6) is 0.676. The molecule has 0 heterocycles. The molecule has 0 N–H and O–H groups in total. The fraction of sp³-hybridized carbons (Fsp3) is 0.286. The molecule has 0 fully saturated rings. The zero-order chi connectivity index (χ0) is 20.5. The second kappa shape index (κ2) is 10.3. The van der Waals surface area contributed by atoms with Crippen LogP contribution in [-0.2, 0) is 11.3 Å². The normalized spacial score (nSPS) is 10.9. The van der Waals surface area contributed by atoms with Gasteiger partial charge in [-0.3, -0.25) is 4.79 Å². The second-order valence-corrected chi connectivity index (χ2v) is 5.90. The van der Waals surface area contributed by atoms with Crippen molar-refractivity contribution in [2.24, 2.45) is 0 Å². The molecule has 2 aromatic carbocycles. The van der Waals surface area contributed by atoms with E-state index in [0.717, 1.165) is 11.3 Å². The Balaban J connectivity index is 2.06. The van der Waals surface area contributed by atoms with E-state index in [1.165, 1.54) is 12.1 Å². The first kappa shape index (κ1) is 21.2. The number of amides is 1. The van der Waals surface area contributed by atoms with Gasteiger partial charge in [0, 0.05) is 19.7 Å². The standard InChI is InChI=1S/C21H23F2NO4/c1-4-27-19-13-15(8-10-18(19)28-21(22)23)9-11-20(25)24(2)14-16-6-5-7-17(12-16)26-3/h5-13,21H,4,14H2,1-3H3/b11-9-.